The van der Waals surface area contributed by atoms with Crippen LogP contribution in [0.15, 0.2) is 0 Å². The van der Waals surface area contributed by atoms with E-state index in [0.29, 0.717) is 0 Å². The topological polar surface area (TPSA) is 0 Å². The van der Waals surface area contributed by atoms with Crippen LogP contribution in [0.1, 0.15) is 6.92 Å². The van der Waals surface area contributed by atoms with E-state index in [0.717, 1.165) is 0 Å². The molecule has 0 aliphatic heterocycles. The second kappa shape index (κ2) is 4.67. The van der Waals surface area contributed by atoms with Gasteiger partial charge in [0.05, 0.1) is 5.38 Å². The van der Waals surface area contributed by atoms with E-state index in [1.165, 1.54) is 6.92 Å². The van der Waals surface area contributed by atoms with Gasteiger partial charge in [-0.25, -0.2) is 0 Å². The normalized spacial score (nSPS) is 17.3. The van der Waals surface area contributed by atoms with Gasteiger partial charge in [0.1, 0.15) is 0 Å². The van der Waals surface area contributed by atoms with Crippen LogP contribution in [0.4, 0.5) is 0 Å². The summed E-state index contributed by atoms with van der Waals surface area (Å²) < 4.78 is -5.82. The van der Waals surface area contributed by atoms with E-state index >= 15 is 0 Å². The average molecular weight is 348 g/mol. The van der Waals surface area contributed by atoms with Crippen molar-refractivity contribution in [2.45, 2.75) is 24.8 Å². The van der Waals surface area contributed by atoms with Gasteiger partial charge in [-0.15, -0.1) is 11.6 Å². The number of halogens is 8. The first-order valence-corrected chi connectivity index (χ1v) is 5.99. The third kappa shape index (κ3) is 3.14. The molecule has 80 valence electrons. The van der Waals surface area contributed by atoms with Crippen molar-refractivity contribution in [3.63, 3.8) is 0 Å². The maximum Gasteiger partial charge on any atom is 0.226 e. The summed E-state index contributed by atoms with van der Waals surface area (Å²) in [6.07, 6.45) is 0. The van der Waals surface area contributed by atoms with Crippen LogP contribution in [0.3, 0.4) is 0 Å². The summed E-state index contributed by atoms with van der Waals surface area (Å²) in [5, 5.41) is -0.790. The van der Waals surface area contributed by atoms with Crippen molar-refractivity contribution in [2.75, 3.05) is 0 Å². The maximum atomic E-state index is 5.76. The fraction of sp³-hybridized carbons (Fsp3) is 1.00. The Hall–Kier alpha value is 2.32. The van der Waals surface area contributed by atoms with Crippen molar-refractivity contribution in [1.29, 1.82) is 0 Å². The van der Waals surface area contributed by atoms with Crippen molar-refractivity contribution in [3.8, 4) is 0 Å². The lowest BCUT2D eigenvalue weighted by atomic mass is 10.2. The second-order valence-corrected chi connectivity index (χ2v) is 7.96. The van der Waals surface area contributed by atoms with Crippen LogP contribution in [-0.2, 0) is 0 Å². The summed E-state index contributed by atoms with van der Waals surface area (Å²) >= 11 is 45.1. The molecule has 0 radical (unpaired) electrons. The van der Waals surface area contributed by atoms with Crippen LogP contribution in [0.25, 0.3) is 0 Å². The molecule has 0 aliphatic carbocycles. The number of alkyl halides is 8. The van der Waals surface area contributed by atoms with E-state index in [1.54, 1.807) is 0 Å². The van der Waals surface area contributed by atoms with Crippen LogP contribution >= 0.6 is 92.8 Å². The van der Waals surface area contributed by atoms with Gasteiger partial charge in [0.15, 0.2) is 8.67 Å². The summed E-state index contributed by atoms with van der Waals surface area (Å²) in [4.78, 5) is 0. The Bertz CT molecular complexity index is 177. The predicted octanol–water partition coefficient (Wildman–Crippen LogP) is 5.33. The molecule has 0 saturated heterocycles. The highest BCUT2D eigenvalue weighted by atomic mass is 35.6. The molecule has 0 aromatic rings. The number of rotatable bonds is 2. The molecule has 0 fully saturated rings. The minimum absolute atomic E-state index is 0.790. The summed E-state index contributed by atoms with van der Waals surface area (Å²) in [7, 11) is 0. The second-order valence-electron chi connectivity index (χ2n) is 2.31. The van der Waals surface area contributed by atoms with E-state index in [-0.39, 0.29) is 0 Å². The van der Waals surface area contributed by atoms with Crippen molar-refractivity contribution >= 4 is 92.8 Å². The summed E-state index contributed by atoms with van der Waals surface area (Å²) in [5.41, 5.74) is 0. The van der Waals surface area contributed by atoms with Crippen molar-refractivity contribution in [3.05, 3.63) is 0 Å². The molecule has 8 heteroatoms. The Balaban J connectivity index is 5.04. The van der Waals surface area contributed by atoms with Gasteiger partial charge in [-0.05, 0) is 6.92 Å². The van der Waals surface area contributed by atoms with Crippen LogP contribution in [-0.4, -0.2) is 17.8 Å². The van der Waals surface area contributed by atoms with Gasteiger partial charge < -0.3 is 0 Å². The van der Waals surface area contributed by atoms with E-state index in [9.17, 15) is 0 Å². The largest absolute Gasteiger partial charge is 0.226 e. The summed E-state index contributed by atoms with van der Waals surface area (Å²) in [5.74, 6) is 0. The van der Waals surface area contributed by atoms with E-state index in [1.807, 2.05) is 0 Å². The van der Waals surface area contributed by atoms with E-state index in [4.69, 9.17) is 92.8 Å². The van der Waals surface area contributed by atoms with Crippen LogP contribution in [0, 0.1) is 0 Å². The average Bonchev–Trinajstić information content (AvgIpc) is 1.84. The Labute approximate surface area is 117 Å². The fourth-order valence-electron chi connectivity index (χ4n) is 0.439. The third-order valence-corrected chi connectivity index (χ3v) is 6.03. The molecule has 13 heavy (non-hydrogen) atoms. The van der Waals surface area contributed by atoms with Gasteiger partial charge >= 0.3 is 0 Å². The van der Waals surface area contributed by atoms with Gasteiger partial charge in [0.25, 0.3) is 0 Å². The molecule has 0 spiro atoms. The lowest BCUT2D eigenvalue weighted by Gasteiger charge is -2.38. The Morgan fingerprint density at radius 3 is 1.23 bits per heavy atom. The monoisotopic (exact) mass is 344 g/mol. The zero-order valence-electron chi connectivity index (χ0n) is 6.10. The van der Waals surface area contributed by atoms with Crippen molar-refractivity contribution in [2.24, 2.45) is 0 Å². The van der Waals surface area contributed by atoms with Gasteiger partial charge in [0, 0.05) is 0 Å². The minimum atomic E-state index is -2.04. The Morgan fingerprint density at radius 1 is 0.846 bits per heavy atom. The quantitative estimate of drug-likeness (QED) is 0.592. The molecule has 0 aliphatic rings. The molecule has 0 rings (SSSR count). The molecule has 0 saturated carbocycles. The highest BCUT2D eigenvalue weighted by Gasteiger charge is 2.61. The maximum absolute atomic E-state index is 5.76. The first kappa shape index (κ1) is 15.3. The molecule has 0 aromatic heterocycles. The lowest BCUT2D eigenvalue weighted by molar-refractivity contribution is 0.647. The van der Waals surface area contributed by atoms with Gasteiger partial charge in [0.2, 0.25) is 3.79 Å². The molecular weight excluding hydrogens is 344 g/mol. The predicted molar refractivity (Wildman–Crippen MR) is 64.5 cm³/mol. The molecule has 1 unspecified atom stereocenters. The molecule has 0 amide bonds. The summed E-state index contributed by atoms with van der Waals surface area (Å²) in [6, 6.07) is 0. The molecular formula is C5H4Cl8. The molecule has 0 nitrogen and oxygen atoms in total. The molecule has 1 atom stereocenters. The lowest BCUT2D eigenvalue weighted by Crippen LogP contribution is -2.51. The molecule has 0 aromatic carbocycles. The third-order valence-electron chi connectivity index (χ3n) is 1.27. The van der Waals surface area contributed by atoms with Crippen LogP contribution in [0.2, 0.25) is 0 Å². The fourth-order valence-corrected chi connectivity index (χ4v) is 2.06. The highest BCUT2D eigenvalue weighted by molar-refractivity contribution is 6.79. The smallest absolute Gasteiger partial charge is 0.120 e. The van der Waals surface area contributed by atoms with Crippen LogP contribution in [0.5, 0.6) is 0 Å². The first-order valence-electron chi connectivity index (χ1n) is 2.91. The summed E-state index contributed by atoms with van der Waals surface area (Å²) in [6.45, 7) is 1.48. The Kier molecular flexibility index (Phi) is 5.51. The van der Waals surface area contributed by atoms with Crippen molar-refractivity contribution in [1.82, 2.24) is 0 Å². The van der Waals surface area contributed by atoms with E-state index in [2.05, 4.69) is 0 Å². The molecule has 0 heterocycles. The zero-order chi connectivity index (χ0) is 11.1. The minimum Gasteiger partial charge on any atom is -0.120 e. The SMILES string of the molecule is CC(Cl)C(Cl)(Cl)C(Cl)(Cl)C(Cl)(Cl)Cl. The highest BCUT2D eigenvalue weighted by Crippen LogP contribution is 2.58. The standard InChI is InChI=1S/C5H4Cl8/c1-2(6)3(7,8)4(9,10)5(11,12)13/h2H,1H3. The molecule has 0 N–H and O–H groups in total. The van der Waals surface area contributed by atoms with Crippen LogP contribution < -0.4 is 0 Å². The first-order chi connectivity index (χ1) is 5.44. The Morgan fingerprint density at radius 2 is 1.15 bits per heavy atom. The zero-order valence-corrected chi connectivity index (χ0v) is 12.1. The van der Waals surface area contributed by atoms with E-state index < -0.39 is 17.8 Å². The molecule has 0 bridgehead atoms. The van der Waals surface area contributed by atoms with Gasteiger partial charge in [-0.1, -0.05) is 81.2 Å². The van der Waals surface area contributed by atoms with Gasteiger partial charge in [-0.3, -0.25) is 0 Å². The van der Waals surface area contributed by atoms with Crippen molar-refractivity contribution < 1.29 is 0 Å². The number of hydrogen-bond donors (Lipinski definition) is 0. The number of hydrogen-bond acceptors (Lipinski definition) is 0. The van der Waals surface area contributed by atoms with Gasteiger partial charge in [-0.2, -0.15) is 0 Å².